The third-order valence-electron chi connectivity index (χ3n) is 4.75. The van der Waals surface area contributed by atoms with Crippen LogP contribution in [0.5, 0.6) is 0 Å². The van der Waals surface area contributed by atoms with Crippen molar-refractivity contribution in [3.8, 4) is 0 Å². The van der Waals surface area contributed by atoms with Gasteiger partial charge in [0, 0.05) is 43.9 Å². The Morgan fingerprint density at radius 1 is 1.48 bits per heavy atom. The molecule has 5 heteroatoms. The van der Waals surface area contributed by atoms with Crippen molar-refractivity contribution in [3.63, 3.8) is 0 Å². The van der Waals surface area contributed by atoms with Crippen LogP contribution >= 0.6 is 11.3 Å². The van der Waals surface area contributed by atoms with E-state index in [1.807, 2.05) is 16.2 Å². The van der Waals surface area contributed by atoms with E-state index in [1.165, 1.54) is 23.5 Å². The summed E-state index contributed by atoms with van der Waals surface area (Å²) in [5, 5.41) is 7.20. The van der Waals surface area contributed by atoms with Crippen LogP contribution in [-0.2, 0) is 11.3 Å². The van der Waals surface area contributed by atoms with E-state index in [0.29, 0.717) is 12.0 Å². The molecule has 2 aliphatic rings. The van der Waals surface area contributed by atoms with Gasteiger partial charge < -0.3 is 10.2 Å². The van der Waals surface area contributed by atoms with E-state index in [9.17, 15) is 4.79 Å². The highest BCUT2D eigenvalue weighted by atomic mass is 32.1. The number of likely N-dealkylation sites (tertiary alicyclic amines) is 1. The maximum atomic E-state index is 11.5. The first-order chi connectivity index (χ1) is 10.2. The van der Waals surface area contributed by atoms with Crippen LogP contribution in [0.15, 0.2) is 5.38 Å². The van der Waals surface area contributed by atoms with Gasteiger partial charge in [0.25, 0.3) is 0 Å². The first-order valence-electron chi connectivity index (χ1n) is 8.10. The molecule has 2 fully saturated rings. The Hall–Kier alpha value is -0.940. The second-order valence-corrected chi connectivity index (χ2v) is 7.25. The van der Waals surface area contributed by atoms with Gasteiger partial charge in [0.05, 0.1) is 10.7 Å². The van der Waals surface area contributed by atoms with Crippen molar-refractivity contribution in [3.05, 3.63) is 16.1 Å². The van der Waals surface area contributed by atoms with Gasteiger partial charge in [0.15, 0.2) is 0 Å². The quantitative estimate of drug-likeness (QED) is 0.910. The summed E-state index contributed by atoms with van der Waals surface area (Å²) in [5.74, 6) is 1.52. The molecule has 1 saturated heterocycles. The fraction of sp³-hybridized carbons (Fsp3) is 0.750. The molecule has 0 radical (unpaired) electrons. The molecule has 0 aromatic carbocycles. The number of thiazole rings is 1. The summed E-state index contributed by atoms with van der Waals surface area (Å²) >= 11 is 1.81. The van der Waals surface area contributed by atoms with E-state index < -0.39 is 0 Å². The molecule has 1 aliphatic heterocycles. The minimum Gasteiger partial charge on any atom is -0.343 e. The van der Waals surface area contributed by atoms with Crippen molar-refractivity contribution in [2.24, 2.45) is 5.92 Å². The molecule has 0 unspecified atom stereocenters. The summed E-state index contributed by atoms with van der Waals surface area (Å²) in [6.45, 7) is 6.54. The number of nitrogens with zero attached hydrogens (tertiary/aromatic N) is 2. The lowest BCUT2D eigenvalue weighted by Gasteiger charge is -2.38. The number of carbonyl (C=O) groups is 1. The number of aromatic nitrogens is 1. The van der Waals surface area contributed by atoms with Crippen LogP contribution in [0.4, 0.5) is 0 Å². The maximum absolute atomic E-state index is 11.5. The van der Waals surface area contributed by atoms with Gasteiger partial charge in [0.2, 0.25) is 5.91 Å². The average molecular weight is 307 g/mol. The van der Waals surface area contributed by atoms with Gasteiger partial charge in [0.1, 0.15) is 0 Å². The number of hydrogen-bond donors (Lipinski definition) is 1. The molecular formula is C16H25N3OS. The molecule has 1 N–H and O–H groups in total. The zero-order valence-electron chi connectivity index (χ0n) is 13.0. The third kappa shape index (κ3) is 3.64. The molecule has 3 rings (SSSR count). The molecule has 2 heterocycles. The molecule has 0 bridgehead atoms. The molecule has 1 amide bonds. The number of piperidine rings is 1. The van der Waals surface area contributed by atoms with Crippen LogP contribution in [0.3, 0.4) is 0 Å². The van der Waals surface area contributed by atoms with Crippen LogP contribution in [0.25, 0.3) is 0 Å². The van der Waals surface area contributed by atoms with Crippen LogP contribution in [0, 0.1) is 5.92 Å². The van der Waals surface area contributed by atoms with Crippen molar-refractivity contribution < 1.29 is 4.79 Å². The van der Waals surface area contributed by atoms with Crippen molar-refractivity contribution in [1.82, 2.24) is 15.2 Å². The van der Waals surface area contributed by atoms with E-state index >= 15 is 0 Å². The summed E-state index contributed by atoms with van der Waals surface area (Å²) in [5.41, 5.74) is 1.19. The van der Waals surface area contributed by atoms with Crippen LogP contribution in [0.1, 0.15) is 56.2 Å². The second-order valence-electron chi connectivity index (χ2n) is 6.36. The first kappa shape index (κ1) is 15.0. The van der Waals surface area contributed by atoms with Gasteiger partial charge >= 0.3 is 0 Å². The lowest BCUT2D eigenvalue weighted by molar-refractivity contribution is -0.131. The summed E-state index contributed by atoms with van der Waals surface area (Å²) in [4.78, 5) is 18.2. The van der Waals surface area contributed by atoms with Gasteiger partial charge in [-0.2, -0.15) is 0 Å². The van der Waals surface area contributed by atoms with Crippen molar-refractivity contribution in [2.45, 2.75) is 58.0 Å². The van der Waals surface area contributed by atoms with Crippen LogP contribution < -0.4 is 5.32 Å². The predicted octanol–water partition coefficient (Wildman–Crippen LogP) is 2.76. The van der Waals surface area contributed by atoms with Crippen LogP contribution in [-0.4, -0.2) is 34.9 Å². The number of carbonyl (C=O) groups excluding carboxylic acids is 1. The SMILES string of the molecule is CC[C@H]1CN(C(C)=O)CC[C@H]1NCc1csc(C2CC2)n1. The zero-order valence-corrected chi connectivity index (χ0v) is 13.8. The zero-order chi connectivity index (χ0) is 14.8. The van der Waals surface area contributed by atoms with E-state index in [0.717, 1.165) is 38.4 Å². The van der Waals surface area contributed by atoms with Gasteiger partial charge in [-0.05, 0) is 25.2 Å². The molecule has 0 spiro atoms. The molecule has 1 aromatic rings. The average Bonchev–Trinajstić information content (AvgIpc) is 3.24. The molecule has 21 heavy (non-hydrogen) atoms. The highest BCUT2D eigenvalue weighted by Crippen LogP contribution is 2.41. The Balaban J connectivity index is 1.52. The topological polar surface area (TPSA) is 45.2 Å². The van der Waals surface area contributed by atoms with Crippen molar-refractivity contribution >= 4 is 17.2 Å². The maximum Gasteiger partial charge on any atom is 0.219 e. The van der Waals surface area contributed by atoms with Gasteiger partial charge in [-0.25, -0.2) is 4.98 Å². The Labute approximate surface area is 130 Å². The largest absolute Gasteiger partial charge is 0.343 e. The predicted molar refractivity (Wildman–Crippen MR) is 85.4 cm³/mol. The summed E-state index contributed by atoms with van der Waals surface area (Å²) in [6.07, 6.45) is 4.81. The minimum atomic E-state index is 0.209. The standard InChI is InChI=1S/C16H25N3OS/c1-3-12-9-19(11(2)20)7-6-15(12)17-8-14-10-21-16(18-14)13-4-5-13/h10,12-13,15,17H,3-9H2,1-2H3/t12-,15+/m0/s1. The fourth-order valence-electron chi connectivity index (χ4n) is 3.16. The molecule has 1 aromatic heterocycles. The van der Waals surface area contributed by atoms with Gasteiger partial charge in [-0.15, -0.1) is 11.3 Å². The van der Waals surface area contributed by atoms with E-state index in [1.54, 1.807) is 6.92 Å². The molecule has 116 valence electrons. The smallest absolute Gasteiger partial charge is 0.219 e. The lowest BCUT2D eigenvalue weighted by atomic mass is 9.90. The summed E-state index contributed by atoms with van der Waals surface area (Å²) in [7, 11) is 0. The Bertz CT molecular complexity index is 497. The molecular weight excluding hydrogens is 282 g/mol. The van der Waals surface area contributed by atoms with Crippen LogP contribution in [0.2, 0.25) is 0 Å². The number of hydrogen-bond acceptors (Lipinski definition) is 4. The molecule has 2 atom stereocenters. The van der Waals surface area contributed by atoms with Gasteiger partial charge in [-0.1, -0.05) is 13.3 Å². The van der Waals surface area contributed by atoms with E-state index in [-0.39, 0.29) is 5.91 Å². The Kier molecular flexibility index (Phi) is 4.60. The van der Waals surface area contributed by atoms with Gasteiger partial charge in [-0.3, -0.25) is 4.79 Å². The van der Waals surface area contributed by atoms with E-state index in [2.05, 4.69) is 17.6 Å². The monoisotopic (exact) mass is 307 g/mol. The molecule has 1 aliphatic carbocycles. The second kappa shape index (κ2) is 6.44. The van der Waals surface area contributed by atoms with Crippen molar-refractivity contribution in [1.29, 1.82) is 0 Å². The minimum absolute atomic E-state index is 0.209. The summed E-state index contributed by atoms with van der Waals surface area (Å²) < 4.78 is 0. The highest BCUT2D eigenvalue weighted by molar-refractivity contribution is 7.09. The third-order valence-corrected chi connectivity index (χ3v) is 5.80. The summed E-state index contributed by atoms with van der Waals surface area (Å²) in [6, 6.07) is 0.511. The van der Waals surface area contributed by atoms with Crippen molar-refractivity contribution in [2.75, 3.05) is 13.1 Å². The Morgan fingerprint density at radius 2 is 2.29 bits per heavy atom. The first-order valence-corrected chi connectivity index (χ1v) is 8.98. The molecule has 4 nitrogen and oxygen atoms in total. The lowest BCUT2D eigenvalue weighted by Crippen LogP contribution is -2.50. The highest BCUT2D eigenvalue weighted by Gasteiger charge is 2.29. The molecule has 1 saturated carbocycles. The normalized spacial score (nSPS) is 26.1. The Morgan fingerprint density at radius 3 is 2.95 bits per heavy atom. The number of amides is 1. The fourth-order valence-corrected chi connectivity index (χ4v) is 4.15. The number of nitrogens with one attached hydrogen (secondary N) is 1. The van der Waals surface area contributed by atoms with E-state index in [4.69, 9.17) is 4.98 Å². The number of rotatable bonds is 5.